The van der Waals surface area contributed by atoms with E-state index in [0.29, 0.717) is 0 Å². The van der Waals surface area contributed by atoms with Gasteiger partial charge in [-0.15, -0.1) is 0 Å². The normalized spacial score (nSPS) is 12.6. The molecule has 0 aromatic heterocycles. The van der Waals surface area contributed by atoms with Crippen LogP contribution in [0.4, 0.5) is 0 Å². The number of aliphatic carboxylic acids is 1. The summed E-state index contributed by atoms with van der Waals surface area (Å²) in [4.78, 5) is 9.80. The van der Waals surface area contributed by atoms with Crippen LogP contribution in [-0.4, -0.2) is 27.4 Å². The van der Waals surface area contributed by atoms with Gasteiger partial charge in [0, 0.05) is 0 Å². The lowest BCUT2D eigenvalue weighted by Crippen LogP contribution is -2.14. The van der Waals surface area contributed by atoms with Gasteiger partial charge in [0.15, 0.2) is 0 Å². The van der Waals surface area contributed by atoms with Crippen molar-refractivity contribution in [1.29, 1.82) is 0 Å². The van der Waals surface area contributed by atoms with Crippen molar-refractivity contribution < 1.29 is 20.1 Å². The predicted octanol–water partition coefficient (Wildman–Crippen LogP) is -0.106. The fourth-order valence-corrected chi connectivity index (χ4v) is 0.283. The number of carbonyl (C=O) groups is 1. The zero-order valence-electron chi connectivity index (χ0n) is 4.74. The van der Waals surface area contributed by atoms with Crippen LogP contribution in [-0.2, 0) is 4.79 Å². The number of carboxylic acid groups (broad SMARTS) is 1. The van der Waals surface area contributed by atoms with Crippen LogP contribution >= 0.6 is 0 Å². The van der Waals surface area contributed by atoms with Crippen molar-refractivity contribution in [3.05, 3.63) is 12.3 Å². The van der Waals surface area contributed by atoms with Crippen LogP contribution in [0.2, 0.25) is 0 Å². The van der Waals surface area contributed by atoms with Crippen molar-refractivity contribution in [2.45, 2.75) is 12.5 Å². The highest BCUT2D eigenvalue weighted by molar-refractivity contribution is 5.67. The van der Waals surface area contributed by atoms with Crippen LogP contribution in [0.1, 0.15) is 6.42 Å². The number of carboxylic acids is 1. The standard InChI is InChI=1S/C5H8O4/c1-3(6)4(7)2-5(8)9/h4,6-7H,1-2H2,(H,8,9)/t4-/m1/s1. The number of hydrogen-bond acceptors (Lipinski definition) is 3. The van der Waals surface area contributed by atoms with Crippen LogP contribution in [0, 0.1) is 0 Å². The van der Waals surface area contributed by atoms with E-state index in [9.17, 15) is 4.79 Å². The molecule has 0 fully saturated rings. The molecule has 9 heavy (non-hydrogen) atoms. The van der Waals surface area contributed by atoms with Gasteiger partial charge in [-0.3, -0.25) is 4.79 Å². The SMILES string of the molecule is C=C(O)[C@H](O)CC(=O)O. The molecule has 0 aromatic rings. The van der Waals surface area contributed by atoms with Gasteiger partial charge in [-0.2, -0.15) is 0 Å². The molecule has 0 radical (unpaired) electrons. The van der Waals surface area contributed by atoms with Crippen LogP contribution in [0.5, 0.6) is 0 Å². The number of rotatable bonds is 3. The second-order valence-electron chi connectivity index (χ2n) is 1.60. The summed E-state index contributed by atoms with van der Waals surface area (Å²) < 4.78 is 0. The van der Waals surface area contributed by atoms with E-state index in [1.165, 1.54) is 0 Å². The van der Waals surface area contributed by atoms with Gasteiger partial charge in [0.05, 0.1) is 6.42 Å². The van der Waals surface area contributed by atoms with Crippen molar-refractivity contribution in [2.24, 2.45) is 0 Å². The molecular weight excluding hydrogens is 124 g/mol. The first-order valence-corrected chi connectivity index (χ1v) is 2.31. The molecule has 4 nitrogen and oxygen atoms in total. The summed E-state index contributed by atoms with van der Waals surface area (Å²) in [6.07, 6.45) is -1.85. The topological polar surface area (TPSA) is 77.8 Å². The van der Waals surface area contributed by atoms with Gasteiger partial charge >= 0.3 is 5.97 Å². The molecule has 52 valence electrons. The Morgan fingerprint density at radius 3 is 2.11 bits per heavy atom. The highest BCUT2D eigenvalue weighted by atomic mass is 16.4. The fraction of sp³-hybridized carbons (Fsp3) is 0.400. The summed E-state index contributed by atoms with van der Waals surface area (Å²) in [5.74, 6) is -1.69. The van der Waals surface area contributed by atoms with E-state index in [-0.39, 0.29) is 0 Å². The van der Waals surface area contributed by atoms with E-state index >= 15 is 0 Å². The van der Waals surface area contributed by atoms with E-state index in [2.05, 4.69) is 6.58 Å². The van der Waals surface area contributed by atoms with Gasteiger partial charge in [-0.25, -0.2) is 0 Å². The lowest BCUT2D eigenvalue weighted by Gasteiger charge is -2.02. The minimum atomic E-state index is -1.34. The van der Waals surface area contributed by atoms with Gasteiger partial charge < -0.3 is 15.3 Å². The minimum absolute atomic E-state index is 0.505. The molecular formula is C5H8O4. The molecule has 0 unspecified atom stereocenters. The Hall–Kier alpha value is -1.03. The number of hydrogen-bond donors (Lipinski definition) is 3. The maximum Gasteiger partial charge on any atom is 0.306 e. The summed E-state index contributed by atoms with van der Waals surface area (Å²) >= 11 is 0. The average Bonchev–Trinajstić information content (AvgIpc) is 1.63. The van der Waals surface area contributed by atoms with E-state index in [1.54, 1.807) is 0 Å². The molecule has 0 aliphatic heterocycles. The molecule has 3 N–H and O–H groups in total. The van der Waals surface area contributed by atoms with Crippen LogP contribution < -0.4 is 0 Å². The second-order valence-corrected chi connectivity index (χ2v) is 1.60. The third kappa shape index (κ3) is 3.54. The lowest BCUT2D eigenvalue weighted by molar-refractivity contribution is -0.139. The van der Waals surface area contributed by atoms with E-state index in [0.717, 1.165) is 0 Å². The first-order chi connectivity index (χ1) is 4.04. The molecule has 0 rings (SSSR count). The molecule has 0 saturated carbocycles. The third-order valence-electron chi connectivity index (χ3n) is 0.753. The smallest absolute Gasteiger partial charge is 0.306 e. The monoisotopic (exact) mass is 132 g/mol. The Morgan fingerprint density at radius 1 is 1.56 bits per heavy atom. The van der Waals surface area contributed by atoms with Crippen LogP contribution in [0.15, 0.2) is 12.3 Å². The van der Waals surface area contributed by atoms with Crippen molar-refractivity contribution in [3.8, 4) is 0 Å². The molecule has 0 aliphatic carbocycles. The summed E-state index contributed by atoms with van der Waals surface area (Å²) in [5, 5.41) is 24.9. The van der Waals surface area contributed by atoms with Crippen LogP contribution in [0.3, 0.4) is 0 Å². The van der Waals surface area contributed by atoms with Gasteiger partial charge in [0.25, 0.3) is 0 Å². The summed E-state index contributed by atoms with van der Waals surface area (Å²) in [7, 11) is 0. The molecule has 0 aromatic carbocycles. The van der Waals surface area contributed by atoms with Crippen molar-refractivity contribution in [3.63, 3.8) is 0 Å². The number of aliphatic hydroxyl groups excluding tert-OH is 2. The summed E-state index contributed by atoms with van der Waals surface area (Å²) in [5.41, 5.74) is 0. The molecule has 0 bridgehead atoms. The largest absolute Gasteiger partial charge is 0.510 e. The maximum absolute atomic E-state index is 9.80. The second kappa shape index (κ2) is 3.09. The zero-order chi connectivity index (χ0) is 7.44. The third-order valence-corrected chi connectivity index (χ3v) is 0.753. The quantitative estimate of drug-likeness (QED) is 0.468. The van der Waals surface area contributed by atoms with Gasteiger partial charge in [-0.1, -0.05) is 6.58 Å². The Balaban J connectivity index is 3.63. The molecule has 1 atom stereocenters. The molecule has 0 heterocycles. The van der Waals surface area contributed by atoms with Crippen molar-refractivity contribution in [1.82, 2.24) is 0 Å². The lowest BCUT2D eigenvalue weighted by atomic mass is 10.2. The Kier molecular flexibility index (Phi) is 2.73. The highest BCUT2D eigenvalue weighted by Gasteiger charge is 2.10. The molecule has 0 amide bonds. The highest BCUT2D eigenvalue weighted by Crippen LogP contribution is 1.98. The predicted molar refractivity (Wildman–Crippen MR) is 30.0 cm³/mol. The van der Waals surface area contributed by atoms with Crippen molar-refractivity contribution in [2.75, 3.05) is 0 Å². The van der Waals surface area contributed by atoms with E-state index in [4.69, 9.17) is 15.3 Å². The number of aliphatic hydroxyl groups is 2. The molecule has 0 spiro atoms. The van der Waals surface area contributed by atoms with E-state index < -0.39 is 24.3 Å². The van der Waals surface area contributed by atoms with Crippen molar-refractivity contribution >= 4 is 5.97 Å². The average molecular weight is 132 g/mol. The fourth-order valence-electron chi connectivity index (χ4n) is 0.283. The van der Waals surface area contributed by atoms with Gasteiger partial charge in [0.1, 0.15) is 11.9 Å². The first kappa shape index (κ1) is 7.97. The van der Waals surface area contributed by atoms with Gasteiger partial charge in [-0.05, 0) is 0 Å². The minimum Gasteiger partial charge on any atom is -0.510 e. The maximum atomic E-state index is 9.80. The summed E-state index contributed by atoms with van der Waals surface area (Å²) in [6.45, 7) is 2.95. The molecule has 0 saturated heterocycles. The van der Waals surface area contributed by atoms with Crippen LogP contribution in [0.25, 0.3) is 0 Å². The molecule has 4 heteroatoms. The van der Waals surface area contributed by atoms with Gasteiger partial charge in [0.2, 0.25) is 0 Å². The Labute approximate surface area is 52.1 Å². The Morgan fingerprint density at radius 2 is 2.00 bits per heavy atom. The molecule has 0 aliphatic rings. The zero-order valence-corrected chi connectivity index (χ0v) is 4.74. The summed E-state index contributed by atoms with van der Waals surface area (Å²) in [6, 6.07) is 0. The van der Waals surface area contributed by atoms with E-state index in [1.807, 2.05) is 0 Å². The first-order valence-electron chi connectivity index (χ1n) is 2.31. The Bertz CT molecular complexity index is 129.